The largest absolute Gasteiger partial charge is 0.394 e. The molecule has 0 bridgehead atoms. The van der Waals surface area contributed by atoms with Gasteiger partial charge in [-0.15, -0.1) is 4.91 Å². The molecule has 0 aliphatic heterocycles. The van der Waals surface area contributed by atoms with Crippen LogP contribution < -0.4 is 0 Å². The second-order valence-corrected chi connectivity index (χ2v) is 1.10. The third-order valence-corrected chi connectivity index (χ3v) is 0.421. The zero-order chi connectivity index (χ0) is 7.70. The van der Waals surface area contributed by atoms with Crippen LogP contribution >= 0.6 is 0 Å². The van der Waals surface area contributed by atoms with Crippen LogP contribution in [-0.2, 0) is 0 Å². The van der Waals surface area contributed by atoms with Crippen LogP contribution in [0.5, 0.6) is 0 Å². The lowest BCUT2D eigenvalue weighted by atomic mass is 10.4. The van der Waals surface area contributed by atoms with E-state index in [1.54, 1.807) is 0 Å². The first-order chi connectivity index (χ1) is 4.22. The summed E-state index contributed by atoms with van der Waals surface area (Å²) in [4.78, 5) is 8.11. The molecule has 0 aliphatic carbocycles. The molecule has 0 fully saturated rings. The van der Waals surface area contributed by atoms with E-state index in [4.69, 9.17) is 25.4 Å². The molecule has 0 amide bonds. The maximum Gasteiger partial charge on any atom is 0.152 e. The Bertz CT molecular complexity index is 54.2. The van der Waals surface area contributed by atoms with Gasteiger partial charge in [0.25, 0.3) is 0 Å². The van der Waals surface area contributed by atoms with Crippen LogP contribution in [0.2, 0.25) is 0 Å². The molecule has 56 valence electrons. The van der Waals surface area contributed by atoms with Crippen molar-refractivity contribution >= 4 is 0 Å². The standard InChI is InChI=1S/C3H8O3.HNO2/c4-1-3(6)2-5;2-1-3/h3-6H,1-2H2;(H,2,3). The maximum absolute atomic E-state index is 8.17. The molecule has 0 radical (unpaired) electrons. The highest BCUT2D eigenvalue weighted by Gasteiger charge is 1.93. The van der Waals surface area contributed by atoms with Gasteiger partial charge in [0.2, 0.25) is 0 Å². The molecule has 4 N–H and O–H groups in total. The number of hydrogen-bond donors (Lipinski definition) is 4. The Hall–Kier alpha value is -0.720. The Morgan fingerprint density at radius 1 is 1.33 bits per heavy atom. The summed E-state index contributed by atoms with van der Waals surface area (Å²) in [5.41, 5.74) is 0. The molecular formula is C3H9NO5. The Balaban J connectivity index is 0. The van der Waals surface area contributed by atoms with E-state index in [-0.39, 0.29) is 13.2 Å². The Labute approximate surface area is 51.3 Å². The summed E-state index contributed by atoms with van der Waals surface area (Å²) in [6.45, 7) is -0.729. The topological polar surface area (TPSA) is 110 Å². The van der Waals surface area contributed by atoms with Gasteiger partial charge in [0.1, 0.15) is 6.10 Å². The van der Waals surface area contributed by atoms with Gasteiger partial charge in [-0.2, -0.15) is 0 Å². The van der Waals surface area contributed by atoms with Gasteiger partial charge in [0.15, 0.2) is 5.34 Å². The summed E-state index contributed by atoms with van der Waals surface area (Å²) in [5, 5.41) is 31.9. The average molecular weight is 139 g/mol. The molecule has 0 saturated carbocycles. The molecule has 0 aliphatic rings. The highest BCUT2D eigenvalue weighted by molar-refractivity contribution is 4.43. The van der Waals surface area contributed by atoms with Crippen molar-refractivity contribution in [1.82, 2.24) is 0 Å². The van der Waals surface area contributed by atoms with Crippen LogP contribution in [-0.4, -0.2) is 39.8 Å². The third kappa shape index (κ3) is 18.9. The predicted molar refractivity (Wildman–Crippen MR) is 27.8 cm³/mol. The highest BCUT2D eigenvalue weighted by Crippen LogP contribution is 1.71. The lowest BCUT2D eigenvalue weighted by molar-refractivity contribution is 0.0450. The molecule has 9 heavy (non-hydrogen) atoms. The normalized spacial score (nSPS) is 8.00. The molecule has 0 rings (SSSR count). The zero-order valence-corrected chi connectivity index (χ0v) is 4.64. The van der Waals surface area contributed by atoms with Crippen LogP contribution in [0.15, 0.2) is 5.34 Å². The van der Waals surface area contributed by atoms with Crippen molar-refractivity contribution in [2.24, 2.45) is 5.34 Å². The SMILES string of the molecule is O=NO.OCC(O)CO. The summed E-state index contributed by atoms with van der Waals surface area (Å²) in [6.07, 6.45) is -0.954. The van der Waals surface area contributed by atoms with Crippen molar-refractivity contribution < 1.29 is 20.5 Å². The molecule has 0 aromatic rings. The third-order valence-electron chi connectivity index (χ3n) is 0.421. The van der Waals surface area contributed by atoms with Crippen LogP contribution in [0.4, 0.5) is 0 Å². The van der Waals surface area contributed by atoms with Gasteiger partial charge >= 0.3 is 0 Å². The Kier molecular flexibility index (Phi) is 12.7. The fourth-order valence-electron chi connectivity index (χ4n) is 0.0577. The minimum atomic E-state index is -0.954. The van der Waals surface area contributed by atoms with Crippen LogP contribution in [0.3, 0.4) is 0 Å². The minimum absolute atomic E-state index is 0.365. The Morgan fingerprint density at radius 2 is 1.56 bits per heavy atom. The fourth-order valence-corrected chi connectivity index (χ4v) is 0.0577. The van der Waals surface area contributed by atoms with Gasteiger partial charge in [-0.25, -0.2) is 0 Å². The molecule has 0 saturated heterocycles. The van der Waals surface area contributed by atoms with Crippen molar-refractivity contribution in [1.29, 1.82) is 0 Å². The first-order valence-corrected chi connectivity index (χ1v) is 2.09. The molecule has 0 aromatic carbocycles. The fraction of sp³-hybridized carbons (Fsp3) is 1.00. The maximum atomic E-state index is 8.17. The first kappa shape index (κ1) is 11.1. The van der Waals surface area contributed by atoms with Crippen molar-refractivity contribution in [3.63, 3.8) is 0 Å². The van der Waals surface area contributed by atoms with Gasteiger partial charge in [-0.3, -0.25) is 0 Å². The second-order valence-electron chi connectivity index (χ2n) is 1.10. The smallest absolute Gasteiger partial charge is 0.152 e. The lowest BCUT2D eigenvalue weighted by Crippen LogP contribution is -2.15. The first-order valence-electron chi connectivity index (χ1n) is 2.09. The predicted octanol–water partition coefficient (Wildman–Crippen LogP) is -1.53. The molecular weight excluding hydrogens is 130 g/mol. The van der Waals surface area contributed by atoms with Gasteiger partial charge in [-0.1, -0.05) is 0 Å². The monoisotopic (exact) mass is 139 g/mol. The molecule has 0 spiro atoms. The van der Waals surface area contributed by atoms with Crippen molar-refractivity contribution in [3.05, 3.63) is 4.91 Å². The van der Waals surface area contributed by atoms with E-state index >= 15 is 0 Å². The summed E-state index contributed by atoms with van der Waals surface area (Å²) in [5.74, 6) is 0. The number of hydrogen-bond acceptors (Lipinski definition) is 5. The molecule has 6 heteroatoms. The molecule has 0 heterocycles. The summed E-state index contributed by atoms with van der Waals surface area (Å²) in [6, 6.07) is 0. The summed E-state index contributed by atoms with van der Waals surface area (Å²) >= 11 is 0. The van der Waals surface area contributed by atoms with Gasteiger partial charge < -0.3 is 20.5 Å². The molecule has 0 atom stereocenters. The summed E-state index contributed by atoms with van der Waals surface area (Å²) < 4.78 is 0. The van der Waals surface area contributed by atoms with Crippen molar-refractivity contribution in [3.8, 4) is 0 Å². The van der Waals surface area contributed by atoms with E-state index in [0.717, 1.165) is 0 Å². The quantitative estimate of drug-likeness (QED) is 0.274. The van der Waals surface area contributed by atoms with Crippen molar-refractivity contribution in [2.75, 3.05) is 13.2 Å². The molecule has 6 nitrogen and oxygen atoms in total. The Morgan fingerprint density at radius 3 is 1.56 bits per heavy atom. The van der Waals surface area contributed by atoms with Gasteiger partial charge in [0.05, 0.1) is 13.2 Å². The molecule has 0 unspecified atom stereocenters. The van der Waals surface area contributed by atoms with Crippen LogP contribution in [0.1, 0.15) is 0 Å². The van der Waals surface area contributed by atoms with E-state index in [2.05, 4.69) is 0 Å². The van der Waals surface area contributed by atoms with E-state index in [1.165, 1.54) is 5.34 Å². The van der Waals surface area contributed by atoms with E-state index in [0.29, 0.717) is 0 Å². The highest BCUT2D eigenvalue weighted by atomic mass is 16.6. The lowest BCUT2D eigenvalue weighted by Gasteiger charge is -1.96. The van der Waals surface area contributed by atoms with E-state index in [1.807, 2.05) is 0 Å². The minimum Gasteiger partial charge on any atom is -0.394 e. The number of rotatable bonds is 2. The molecule has 0 aromatic heterocycles. The second kappa shape index (κ2) is 10.3. The van der Waals surface area contributed by atoms with Gasteiger partial charge in [0, 0.05) is 0 Å². The van der Waals surface area contributed by atoms with Crippen LogP contribution in [0.25, 0.3) is 0 Å². The van der Waals surface area contributed by atoms with Crippen LogP contribution in [0, 0.1) is 4.91 Å². The number of nitrogens with zero attached hydrogens (tertiary/aromatic N) is 1. The number of aliphatic hydroxyl groups is 3. The zero-order valence-electron chi connectivity index (χ0n) is 4.64. The van der Waals surface area contributed by atoms with E-state index in [9.17, 15) is 0 Å². The number of aliphatic hydroxyl groups excluding tert-OH is 3. The average Bonchev–Trinajstić information content (AvgIpc) is 1.88. The summed E-state index contributed by atoms with van der Waals surface area (Å²) in [7, 11) is 0. The van der Waals surface area contributed by atoms with Gasteiger partial charge in [-0.05, 0) is 0 Å². The van der Waals surface area contributed by atoms with E-state index < -0.39 is 6.10 Å². The van der Waals surface area contributed by atoms with Crippen molar-refractivity contribution in [2.45, 2.75) is 6.10 Å².